The Morgan fingerprint density at radius 2 is 0.306 bits per heavy atom. The maximum absolute atomic E-state index is 2.60. The van der Waals surface area contributed by atoms with Gasteiger partial charge in [-0.15, -0.1) is 0 Å². The predicted octanol–water partition coefficient (Wildman–Crippen LogP) is 29.5. The van der Waals surface area contributed by atoms with Gasteiger partial charge in [-0.1, -0.05) is 388 Å². The van der Waals surface area contributed by atoms with E-state index in [2.05, 4.69) is 517 Å². The number of nitrogens with zero attached hydrogens (tertiary/aromatic N) is 4. The minimum Gasteiger partial charge on any atom is -0.311 e. The summed E-state index contributed by atoms with van der Waals surface area (Å²) in [6.45, 7) is -0.333. The highest BCUT2D eigenvalue weighted by atomic mass is 15.2. The lowest BCUT2D eigenvalue weighted by Crippen LogP contribution is -2.61. The molecule has 6 heteroatoms. The Morgan fingerprint density at radius 1 is 0.127 bits per heavy atom. The molecule has 0 saturated carbocycles. The van der Waals surface area contributed by atoms with Gasteiger partial charge >= 0.3 is 0 Å². The van der Waals surface area contributed by atoms with Gasteiger partial charge in [0.15, 0.2) is 0 Å². The van der Waals surface area contributed by atoms with Gasteiger partial charge in [0.25, 0.3) is 13.4 Å². The highest BCUT2D eigenvalue weighted by molar-refractivity contribution is 7.01. The zero-order valence-electron chi connectivity index (χ0n) is 73.4. The lowest BCUT2D eigenvalue weighted by atomic mass is 9.33. The molecule has 2 bridgehead atoms. The highest BCUT2D eigenvalue weighted by Gasteiger charge is 2.48. The molecule has 4 heterocycles. The van der Waals surface area contributed by atoms with Crippen LogP contribution < -0.4 is 52.4 Å². The number of fused-ring (bicyclic) bond motifs is 8. The van der Waals surface area contributed by atoms with Crippen molar-refractivity contribution in [1.82, 2.24) is 0 Å². The number of anilines is 12. The molecule has 0 aromatic heterocycles. The van der Waals surface area contributed by atoms with E-state index in [0.29, 0.717) is 0 Å². The summed E-state index contributed by atoms with van der Waals surface area (Å²) in [5.41, 5.74) is 52.8. The third-order valence-electron chi connectivity index (χ3n) is 29.2. The molecule has 21 aromatic rings. The van der Waals surface area contributed by atoms with Crippen molar-refractivity contribution in [2.45, 2.75) is 11.8 Å². The molecule has 0 spiro atoms. The second kappa shape index (κ2) is 31.4. The van der Waals surface area contributed by atoms with Crippen molar-refractivity contribution in [3.8, 4) is 111 Å². The molecule has 7 aliphatic rings. The van der Waals surface area contributed by atoms with E-state index in [9.17, 15) is 0 Å². The molecule has 28 rings (SSSR count). The second-order valence-corrected chi connectivity index (χ2v) is 36.5. The molecule has 622 valence electrons. The van der Waals surface area contributed by atoms with Crippen LogP contribution >= 0.6 is 0 Å². The van der Waals surface area contributed by atoms with E-state index in [4.69, 9.17) is 0 Å². The molecule has 0 radical (unpaired) electrons. The summed E-state index contributed by atoms with van der Waals surface area (Å²) in [5.74, 6) is -0.0928. The first-order valence-corrected chi connectivity index (χ1v) is 46.8. The van der Waals surface area contributed by atoms with Crippen LogP contribution in [0.4, 0.5) is 68.2 Å². The van der Waals surface area contributed by atoms with E-state index < -0.39 is 0 Å². The smallest absolute Gasteiger partial charge is 0.252 e. The van der Waals surface area contributed by atoms with Crippen molar-refractivity contribution >= 4 is 114 Å². The van der Waals surface area contributed by atoms with E-state index in [1.165, 1.54) is 166 Å². The third kappa shape index (κ3) is 12.6. The first-order chi connectivity index (χ1) is 66.4. The van der Waals surface area contributed by atoms with Gasteiger partial charge in [0, 0.05) is 80.1 Å². The van der Waals surface area contributed by atoms with Crippen LogP contribution in [0.2, 0.25) is 0 Å². The van der Waals surface area contributed by atoms with Gasteiger partial charge in [-0.2, -0.15) is 0 Å². The topological polar surface area (TPSA) is 13.0 Å². The summed E-state index contributed by atoms with van der Waals surface area (Å²) < 4.78 is 0. The standard InChI is InChI=1S/C128H84B2N4/c1-9-27-83(28-10-1)91-45-59-103(60-46-91)131-117-69-55-97(87-35-17-5-18-36-87)75-113(117)129-114-76-98(88-37-19-6-20-38-88)56-70-118(114)132(104-61-47-92(48-62-104)84-29-11-2-12-30-84)122-80-101(79-121(131)127(122)129)95-53-67-109-111(73-95)126-108-44-26-25-43-107(108)125(109)110-68-54-96(74-112(110)126)102-81-123-128-124(82-102)134(106-65-51-94(52-66-106)86-33-15-4-16-34-86)120-72-58-100(90-41-23-8-24-42-90)78-116(120)130(128)115-77-99(89-39-21-7-22-40-89)57-71-119(115)133(123)105-63-49-93(50-64-105)85-31-13-3-14-32-85/h1-82,125-126H. The summed E-state index contributed by atoms with van der Waals surface area (Å²) in [7, 11) is 0. The molecular weight excluding hydrogens is 1620 g/mol. The Morgan fingerprint density at radius 3 is 0.545 bits per heavy atom. The van der Waals surface area contributed by atoms with Crippen LogP contribution in [0.1, 0.15) is 45.2 Å². The van der Waals surface area contributed by atoms with Crippen LogP contribution in [-0.2, 0) is 0 Å². The molecular formula is C128H84B2N4. The van der Waals surface area contributed by atoms with Gasteiger partial charge in [0.1, 0.15) is 0 Å². The summed E-state index contributed by atoms with van der Waals surface area (Å²) in [5, 5.41) is 0. The van der Waals surface area contributed by atoms with Gasteiger partial charge in [-0.3, -0.25) is 0 Å². The molecule has 0 amide bonds. The average Bonchev–Trinajstić information content (AvgIpc) is 0.696. The molecule has 0 fully saturated rings. The maximum Gasteiger partial charge on any atom is 0.252 e. The van der Waals surface area contributed by atoms with Gasteiger partial charge in [-0.25, -0.2) is 0 Å². The number of rotatable bonds is 14. The second-order valence-electron chi connectivity index (χ2n) is 36.5. The Balaban J connectivity index is 0.666. The van der Waals surface area contributed by atoms with E-state index in [0.717, 1.165) is 79.4 Å². The Kier molecular flexibility index (Phi) is 18.0. The number of hydrogen-bond donors (Lipinski definition) is 0. The van der Waals surface area contributed by atoms with Crippen molar-refractivity contribution < 1.29 is 0 Å². The first kappa shape index (κ1) is 76.9. The molecule has 0 unspecified atom stereocenters. The summed E-state index contributed by atoms with van der Waals surface area (Å²) in [6.07, 6.45) is 0. The highest BCUT2D eigenvalue weighted by Crippen LogP contribution is 2.59. The maximum atomic E-state index is 2.60. The largest absolute Gasteiger partial charge is 0.311 e. The summed E-state index contributed by atoms with van der Waals surface area (Å²) in [4.78, 5) is 10.4. The molecule has 0 atom stereocenters. The number of hydrogen-bond acceptors (Lipinski definition) is 4. The minimum absolute atomic E-state index is 0.00305. The van der Waals surface area contributed by atoms with Crippen LogP contribution in [0.25, 0.3) is 111 Å². The molecule has 4 nitrogen and oxygen atoms in total. The van der Waals surface area contributed by atoms with Crippen LogP contribution in [0, 0.1) is 0 Å². The zero-order valence-corrected chi connectivity index (χ0v) is 73.4. The van der Waals surface area contributed by atoms with E-state index in [-0.39, 0.29) is 25.3 Å². The quantitative estimate of drug-likeness (QED) is 0.101. The first-order valence-electron chi connectivity index (χ1n) is 46.8. The third-order valence-corrected chi connectivity index (χ3v) is 29.2. The lowest BCUT2D eigenvalue weighted by Gasteiger charge is -2.45. The molecule has 134 heavy (non-hydrogen) atoms. The molecule has 21 aromatic carbocycles. The van der Waals surface area contributed by atoms with Crippen molar-refractivity contribution in [2.24, 2.45) is 0 Å². The van der Waals surface area contributed by atoms with Crippen LogP contribution in [0.15, 0.2) is 497 Å². The van der Waals surface area contributed by atoms with E-state index in [1.807, 2.05) is 0 Å². The van der Waals surface area contributed by atoms with E-state index >= 15 is 0 Å². The fourth-order valence-corrected chi connectivity index (χ4v) is 23.0. The zero-order chi connectivity index (χ0) is 88.0. The Hall–Kier alpha value is -17.1. The minimum atomic E-state index is -0.167. The Labute approximate surface area is 782 Å². The normalized spacial score (nSPS) is 14.0. The Bertz CT molecular complexity index is 7340. The van der Waals surface area contributed by atoms with Crippen molar-refractivity contribution in [3.63, 3.8) is 0 Å². The van der Waals surface area contributed by atoms with E-state index in [1.54, 1.807) is 0 Å². The summed E-state index contributed by atoms with van der Waals surface area (Å²) in [6, 6.07) is 188. The molecule has 0 saturated heterocycles. The SMILES string of the molecule is c1ccc(-c2ccc(N3c4ccc(-c5ccccc5)cc4B4c5cc(-c6ccccc6)ccc5N(c5ccc(-c6ccccc6)cc5)c5cc(-c6ccc7c(c6)C6c8ccccc8C7c7ccc(-c8cc9c%10c(c8)N(c8ccc(-c%11ccccc%11)cc8)c8ccc(-c%11ccccc%11)cc8B%10c8cc(-c%10ccccc%10)ccc8N9c8ccc(-c9ccccc9)cc8)cc76)cc3c54)cc2)cc1. The molecule has 4 aliphatic heterocycles. The fraction of sp³-hybridized carbons (Fsp3) is 0.0156. The van der Waals surface area contributed by atoms with Crippen LogP contribution in [0.5, 0.6) is 0 Å². The lowest BCUT2D eigenvalue weighted by molar-refractivity contribution is 0.755. The van der Waals surface area contributed by atoms with Gasteiger partial charge in [0.05, 0.1) is 0 Å². The average molecular weight is 1700 g/mol. The summed E-state index contributed by atoms with van der Waals surface area (Å²) >= 11 is 0. The number of benzene rings is 21. The molecule has 3 aliphatic carbocycles. The van der Waals surface area contributed by atoms with Gasteiger partial charge in [-0.05, 0) is 287 Å². The fourth-order valence-electron chi connectivity index (χ4n) is 23.0. The van der Waals surface area contributed by atoms with Crippen molar-refractivity contribution in [2.75, 3.05) is 19.6 Å². The van der Waals surface area contributed by atoms with Crippen LogP contribution in [-0.4, -0.2) is 13.4 Å². The van der Waals surface area contributed by atoms with Crippen LogP contribution in [0.3, 0.4) is 0 Å². The monoisotopic (exact) mass is 1700 g/mol. The predicted molar refractivity (Wildman–Crippen MR) is 564 cm³/mol. The van der Waals surface area contributed by atoms with Gasteiger partial charge in [0.2, 0.25) is 0 Å². The molecule has 0 N–H and O–H groups in total. The van der Waals surface area contributed by atoms with Crippen molar-refractivity contribution in [1.29, 1.82) is 0 Å². The van der Waals surface area contributed by atoms with Gasteiger partial charge < -0.3 is 19.6 Å². The van der Waals surface area contributed by atoms with Crippen molar-refractivity contribution in [3.05, 3.63) is 531 Å².